The summed E-state index contributed by atoms with van der Waals surface area (Å²) < 4.78 is 1.85. The van der Waals surface area contributed by atoms with Gasteiger partial charge in [-0.2, -0.15) is 5.10 Å². The lowest BCUT2D eigenvalue weighted by molar-refractivity contribution is -0.129. The Balaban J connectivity index is 1.57. The zero-order chi connectivity index (χ0) is 12.5. The van der Waals surface area contributed by atoms with Gasteiger partial charge in [-0.3, -0.25) is 19.3 Å². The van der Waals surface area contributed by atoms with Gasteiger partial charge in [0.15, 0.2) is 5.78 Å². The van der Waals surface area contributed by atoms with Crippen molar-refractivity contribution in [2.45, 2.75) is 18.9 Å². The van der Waals surface area contributed by atoms with Crippen molar-refractivity contribution in [3.05, 3.63) is 18.0 Å². The first-order chi connectivity index (χ1) is 8.74. The van der Waals surface area contributed by atoms with E-state index in [0.717, 1.165) is 44.8 Å². The number of carbonyl (C=O) groups excluding carboxylic acids is 1. The molecule has 5 nitrogen and oxygen atoms in total. The average molecular weight is 248 g/mol. The molecule has 1 atom stereocenters. The van der Waals surface area contributed by atoms with E-state index in [2.05, 4.69) is 14.9 Å². The van der Waals surface area contributed by atoms with E-state index < -0.39 is 0 Å². The molecule has 3 fully saturated rings. The quantitative estimate of drug-likeness (QED) is 0.747. The Labute approximate surface area is 107 Å². The van der Waals surface area contributed by atoms with Gasteiger partial charge in [0.1, 0.15) is 0 Å². The van der Waals surface area contributed by atoms with E-state index in [1.165, 1.54) is 0 Å². The van der Waals surface area contributed by atoms with Crippen LogP contribution in [0.2, 0.25) is 0 Å². The largest absolute Gasteiger partial charge is 0.299 e. The summed E-state index contributed by atoms with van der Waals surface area (Å²) in [4.78, 5) is 17.1. The SMILES string of the molecule is Cn1nccc1CCC(=O)C1CN2CCN1CC2. The van der Waals surface area contributed by atoms with Crippen LogP contribution in [0.5, 0.6) is 0 Å². The molecule has 3 aliphatic rings. The number of hydrogen-bond acceptors (Lipinski definition) is 4. The van der Waals surface area contributed by atoms with Crippen LogP contribution in [-0.2, 0) is 18.3 Å². The number of aromatic nitrogens is 2. The molecular weight excluding hydrogens is 228 g/mol. The summed E-state index contributed by atoms with van der Waals surface area (Å²) in [7, 11) is 1.93. The van der Waals surface area contributed by atoms with Crippen molar-refractivity contribution in [3.63, 3.8) is 0 Å². The highest BCUT2D eigenvalue weighted by molar-refractivity contribution is 5.84. The molecule has 18 heavy (non-hydrogen) atoms. The number of rotatable bonds is 4. The molecule has 3 saturated heterocycles. The Hall–Kier alpha value is -1.20. The van der Waals surface area contributed by atoms with Crippen LogP contribution in [0, 0.1) is 0 Å². The number of ketones is 1. The molecule has 4 rings (SSSR count). The number of fused-ring (bicyclic) bond motifs is 3. The fourth-order valence-electron chi connectivity index (χ4n) is 2.99. The van der Waals surface area contributed by atoms with Crippen molar-refractivity contribution in [2.24, 2.45) is 7.05 Å². The minimum atomic E-state index is 0.140. The lowest BCUT2D eigenvalue weighted by atomic mass is 10.00. The molecule has 0 aliphatic carbocycles. The van der Waals surface area contributed by atoms with Gasteiger partial charge in [-0.05, 0) is 12.5 Å². The third-order valence-electron chi connectivity index (χ3n) is 4.20. The van der Waals surface area contributed by atoms with Crippen LogP contribution in [0.3, 0.4) is 0 Å². The van der Waals surface area contributed by atoms with Crippen LogP contribution >= 0.6 is 0 Å². The van der Waals surface area contributed by atoms with E-state index in [9.17, 15) is 4.79 Å². The molecule has 1 unspecified atom stereocenters. The summed E-state index contributed by atoms with van der Waals surface area (Å²) in [5.41, 5.74) is 1.14. The van der Waals surface area contributed by atoms with E-state index in [1.807, 2.05) is 17.8 Å². The maximum Gasteiger partial charge on any atom is 0.151 e. The lowest BCUT2D eigenvalue weighted by Gasteiger charge is -2.46. The number of Topliss-reactive ketones (excluding diaryl/α,β-unsaturated/α-hetero) is 1. The molecule has 1 aromatic rings. The molecule has 0 radical (unpaired) electrons. The fraction of sp³-hybridized carbons (Fsp3) is 0.692. The Morgan fingerprint density at radius 3 is 2.72 bits per heavy atom. The van der Waals surface area contributed by atoms with E-state index in [1.54, 1.807) is 6.20 Å². The van der Waals surface area contributed by atoms with Gasteiger partial charge in [0.2, 0.25) is 0 Å². The monoisotopic (exact) mass is 248 g/mol. The molecule has 98 valence electrons. The molecule has 4 heterocycles. The Morgan fingerprint density at radius 1 is 1.39 bits per heavy atom. The molecule has 1 aromatic heterocycles. The summed E-state index contributed by atoms with van der Waals surface area (Å²) in [6, 6.07) is 2.13. The van der Waals surface area contributed by atoms with E-state index in [-0.39, 0.29) is 6.04 Å². The first-order valence-corrected chi connectivity index (χ1v) is 6.70. The first kappa shape index (κ1) is 11.9. The number of hydrogen-bond donors (Lipinski definition) is 0. The number of carbonyl (C=O) groups is 1. The van der Waals surface area contributed by atoms with Gasteiger partial charge in [0.05, 0.1) is 6.04 Å². The zero-order valence-electron chi connectivity index (χ0n) is 10.9. The van der Waals surface area contributed by atoms with E-state index >= 15 is 0 Å². The third kappa shape index (κ3) is 2.20. The maximum atomic E-state index is 12.3. The maximum absolute atomic E-state index is 12.3. The summed E-state index contributed by atoms with van der Waals surface area (Å²) in [5.74, 6) is 0.389. The molecule has 0 spiro atoms. The van der Waals surface area contributed by atoms with Crippen LogP contribution in [0.1, 0.15) is 12.1 Å². The minimum absolute atomic E-state index is 0.140. The molecule has 0 amide bonds. The normalized spacial score (nSPS) is 30.6. The number of piperazine rings is 3. The summed E-state index contributed by atoms with van der Waals surface area (Å²) >= 11 is 0. The van der Waals surface area contributed by atoms with Crippen molar-refractivity contribution in [1.29, 1.82) is 0 Å². The second-order valence-corrected chi connectivity index (χ2v) is 5.26. The van der Waals surface area contributed by atoms with Crippen molar-refractivity contribution in [2.75, 3.05) is 32.7 Å². The second kappa shape index (κ2) is 4.82. The molecule has 2 bridgehead atoms. The molecule has 0 aromatic carbocycles. The van der Waals surface area contributed by atoms with Crippen LogP contribution in [0.15, 0.2) is 12.3 Å². The van der Waals surface area contributed by atoms with Gasteiger partial charge in [0.25, 0.3) is 0 Å². The van der Waals surface area contributed by atoms with Crippen LogP contribution in [0.4, 0.5) is 0 Å². The smallest absolute Gasteiger partial charge is 0.151 e. The molecule has 5 heteroatoms. The van der Waals surface area contributed by atoms with Crippen molar-refractivity contribution < 1.29 is 4.79 Å². The number of nitrogens with zero attached hydrogens (tertiary/aromatic N) is 4. The van der Waals surface area contributed by atoms with Crippen LogP contribution in [0.25, 0.3) is 0 Å². The third-order valence-corrected chi connectivity index (χ3v) is 4.20. The van der Waals surface area contributed by atoms with Crippen LogP contribution in [-0.4, -0.2) is 64.1 Å². The van der Waals surface area contributed by atoms with Crippen molar-refractivity contribution >= 4 is 5.78 Å². The van der Waals surface area contributed by atoms with E-state index in [4.69, 9.17) is 0 Å². The fourth-order valence-corrected chi connectivity index (χ4v) is 2.99. The zero-order valence-corrected chi connectivity index (χ0v) is 10.9. The Kier molecular flexibility index (Phi) is 3.18. The van der Waals surface area contributed by atoms with Gasteiger partial charge >= 0.3 is 0 Å². The Morgan fingerprint density at radius 2 is 2.17 bits per heavy atom. The standard InChI is InChI=1S/C13H20N4O/c1-15-11(4-5-14-15)2-3-13(18)12-10-16-6-8-17(12)9-7-16/h4-5,12H,2-3,6-10H2,1H3. The highest BCUT2D eigenvalue weighted by atomic mass is 16.1. The topological polar surface area (TPSA) is 41.4 Å². The highest BCUT2D eigenvalue weighted by Crippen LogP contribution is 2.18. The summed E-state index contributed by atoms with van der Waals surface area (Å²) in [6.07, 6.45) is 3.23. The average Bonchev–Trinajstić information content (AvgIpc) is 2.83. The molecule has 3 aliphatic heterocycles. The second-order valence-electron chi connectivity index (χ2n) is 5.26. The number of aryl methyl sites for hydroxylation is 2. The van der Waals surface area contributed by atoms with Gasteiger partial charge < -0.3 is 0 Å². The van der Waals surface area contributed by atoms with Crippen molar-refractivity contribution in [1.82, 2.24) is 19.6 Å². The van der Waals surface area contributed by atoms with E-state index in [0.29, 0.717) is 12.2 Å². The highest BCUT2D eigenvalue weighted by Gasteiger charge is 2.35. The van der Waals surface area contributed by atoms with Gasteiger partial charge in [0, 0.05) is 58.1 Å². The van der Waals surface area contributed by atoms with Crippen molar-refractivity contribution in [3.8, 4) is 0 Å². The summed E-state index contributed by atoms with van der Waals surface area (Å²) in [6.45, 7) is 5.31. The Bertz CT molecular complexity index is 434. The van der Waals surface area contributed by atoms with Crippen LogP contribution < -0.4 is 0 Å². The molecular formula is C13H20N4O. The minimum Gasteiger partial charge on any atom is -0.299 e. The first-order valence-electron chi connectivity index (χ1n) is 6.70. The van der Waals surface area contributed by atoms with Gasteiger partial charge in [-0.1, -0.05) is 0 Å². The van der Waals surface area contributed by atoms with Gasteiger partial charge in [-0.25, -0.2) is 0 Å². The molecule has 0 saturated carbocycles. The summed E-state index contributed by atoms with van der Waals surface area (Å²) in [5, 5.41) is 4.13. The molecule has 0 N–H and O–H groups in total. The predicted octanol–water partition coefficient (Wildman–Crippen LogP) is -0.0784. The lowest BCUT2D eigenvalue weighted by Crippen LogP contribution is -2.63. The van der Waals surface area contributed by atoms with Gasteiger partial charge in [-0.15, -0.1) is 0 Å². The predicted molar refractivity (Wildman–Crippen MR) is 68.3 cm³/mol.